The first kappa shape index (κ1) is 29.0. The fourth-order valence-corrected chi connectivity index (χ4v) is 11.7. The van der Waals surface area contributed by atoms with Crippen LogP contribution in [0.15, 0.2) is 11.8 Å². The molecule has 0 saturated heterocycles. The molecule has 4 nitrogen and oxygen atoms in total. The molecule has 0 aliphatic heterocycles. The smallest absolute Gasteiger partial charge is 0.250 e. The van der Waals surface area contributed by atoms with Crippen LogP contribution in [0, 0.1) is 12.3 Å². The Bertz CT molecular complexity index is 664. The number of hydrogen-bond donors (Lipinski definition) is 0. The summed E-state index contributed by atoms with van der Waals surface area (Å²) in [6.07, 6.45) is 10.7. The van der Waals surface area contributed by atoms with Gasteiger partial charge in [-0.05, 0) is 47.3 Å². The molecule has 0 fully saturated rings. The Morgan fingerprint density at radius 1 is 1.16 bits per heavy atom. The first-order valence-electron chi connectivity index (χ1n) is 12.3. The van der Waals surface area contributed by atoms with E-state index in [1.165, 1.54) is 0 Å². The summed E-state index contributed by atoms with van der Waals surface area (Å²) in [5.74, 6) is 3.70. The predicted octanol–water partition coefficient (Wildman–Crippen LogP) is 7.10. The van der Waals surface area contributed by atoms with Crippen LogP contribution in [0.1, 0.15) is 81.6 Å². The van der Waals surface area contributed by atoms with E-state index in [0.29, 0.717) is 36.0 Å². The van der Waals surface area contributed by atoms with Gasteiger partial charge in [-0.1, -0.05) is 62.3 Å². The van der Waals surface area contributed by atoms with Gasteiger partial charge in [0.1, 0.15) is 0 Å². The predicted molar refractivity (Wildman–Crippen MR) is 142 cm³/mol. The van der Waals surface area contributed by atoms with Crippen molar-refractivity contribution in [2.75, 3.05) is 6.54 Å². The van der Waals surface area contributed by atoms with Crippen LogP contribution in [0.3, 0.4) is 0 Å². The van der Waals surface area contributed by atoms with E-state index in [1.807, 2.05) is 4.90 Å². The van der Waals surface area contributed by atoms with Crippen LogP contribution in [-0.2, 0) is 13.6 Å². The van der Waals surface area contributed by atoms with Gasteiger partial charge in [0.05, 0.1) is 17.9 Å². The van der Waals surface area contributed by atoms with Crippen LogP contribution in [0.5, 0.6) is 0 Å². The Morgan fingerprint density at radius 2 is 1.69 bits per heavy atom. The van der Waals surface area contributed by atoms with E-state index in [9.17, 15) is 4.79 Å². The molecule has 0 saturated carbocycles. The van der Waals surface area contributed by atoms with E-state index in [2.05, 4.69) is 87.4 Å². The molecular weight excluding hydrogens is 430 g/mol. The van der Waals surface area contributed by atoms with Crippen molar-refractivity contribution in [1.29, 1.82) is 0 Å². The van der Waals surface area contributed by atoms with Gasteiger partial charge in [0, 0.05) is 19.4 Å². The summed E-state index contributed by atoms with van der Waals surface area (Å²) in [7, 11) is -4.04. The van der Waals surface area contributed by atoms with E-state index in [0.717, 1.165) is 18.6 Å². The topological polar surface area (TPSA) is 38.8 Å². The van der Waals surface area contributed by atoms with Gasteiger partial charge in [0.15, 0.2) is 0 Å². The van der Waals surface area contributed by atoms with Crippen LogP contribution in [0.4, 0.5) is 0 Å². The minimum atomic E-state index is -2.09. The Kier molecular flexibility index (Phi) is 10.3. The average molecular weight is 480 g/mol. The van der Waals surface area contributed by atoms with Crippen molar-refractivity contribution in [3.63, 3.8) is 0 Å². The molecule has 0 aromatic heterocycles. The number of carbonyl (C=O) groups is 1. The van der Waals surface area contributed by atoms with E-state index in [1.54, 1.807) is 0 Å². The maximum Gasteiger partial charge on any atom is 0.250 e. The van der Waals surface area contributed by atoms with Gasteiger partial charge < -0.3 is 13.8 Å². The Morgan fingerprint density at radius 3 is 2.09 bits per heavy atom. The largest absolute Gasteiger partial charge is 0.547 e. The lowest BCUT2D eigenvalue weighted by Crippen LogP contribution is -2.56. The zero-order valence-corrected chi connectivity index (χ0v) is 24.6. The second-order valence-corrected chi connectivity index (χ2v) is 21.9. The quantitative estimate of drug-likeness (QED) is 0.180. The molecule has 0 bridgehead atoms. The first-order valence-corrected chi connectivity index (χ1v) is 17.4. The molecule has 1 rings (SSSR count). The van der Waals surface area contributed by atoms with E-state index < -0.39 is 16.6 Å². The van der Waals surface area contributed by atoms with Gasteiger partial charge in [-0.15, -0.1) is 12.3 Å². The first-order chi connectivity index (χ1) is 14.6. The van der Waals surface area contributed by atoms with Crippen LogP contribution in [0.25, 0.3) is 0 Å². The standard InChI is InChI=1S/C26H49NO3Si2/c1-13-14-17-27(19-28)24-18-23(29-31(11,12)26(8,9)10)15-16-25(24)30-32(20(2)3,21(4)5)22(6)7/h1,15,19-22,24-25H,14,16-18H2,2-12H3/t24-,25-/m0/s1. The van der Waals surface area contributed by atoms with Gasteiger partial charge in [-0.3, -0.25) is 4.79 Å². The number of carbonyl (C=O) groups excluding carboxylic acids is 1. The maximum atomic E-state index is 12.1. The molecule has 0 aromatic rings. The van der Waals surface area contributed by atoms with Crippen molar-refractivity contribution >= 4 is 23.0 Å². The normalized spacial score (nSPS) is 20.3. The SMILES string of the molecule is C#CCCN(C=O)[C@H]1CC(O[Si](C)(C)C(C)(C)C)=CC[C@@H]1O[Si](C(C)C)(C(C)C)C(C)C. The molecule has 0 radical (unpaired) electrons. The molecule has 0 unspecified atom stereocenters. The van der Waals surface area contributed by atoms with E-state index in [-0.39, 0.29) is 17.2 Å². The third kappa shape index (κ3) is 6.51. The Labute approximate surface area is 200 Å². The highest BCUT2D eigenvalue weighted by Gasteiger charge is 2.49. The van der Waals surface area contributed by atoms with Crippen molar-refractivity contribution in [3.05, 3.63) is 11.8 Å². The van der Waals surface area contributed by atoms with Crippen molar-refractivity contribution in [2.24, 2.45) is 0 Å². The van der Waals surface area contributed by atoms with E-state index >= 15 is 0 Å². The third-order valence-corrected chi connectivity index (χ3v) is 18.3. The summed E-state index contributed by atoms with van der Waals surface area (Å²) in [6, 6.07) is -0.0475. The van der Waals surface area contributed by atoms with Crippen LogP contribution >= 0.6 is 0 Å². The Balaban J connectivity index is 3.34. The van der Waals surface area contributed by atoms with Gasteiger partial charge in [-0.25, -0.2) is 0 Å². The highest BCUT2D eigenvalue weighted by Crippen LogP contribution is 2.45. The van der Waals surface area contributed by atoms with Crippen LogP contribution in [-0.4, -0.2) is 46.6 Å². The minimum absolute atomic E-state index is 0.0244. The van der Waals surface area contributed by atoms with Gasteiger partial charge in [0.2, 0.25) is 23.0 Å². The van der Waals surface area contributed by atoms with Crippen molar-refractivity contribution in [3.8, 4) is 12.3 Å². The number of nitrogens with zero attached hydrogens (tertiary/aromatic N) is 1. The molecule has 1 aliphatic carbocycles. The lowest BCUT2D eigenvalue weighted by molar-refractivity contribution is -0.122. The van der Waals surface area contributed by atoms with Crippen LogP contribution < -0.4 is 0 Å². The second kappa shape index (κ2) is 11.4. The van der Waals surface area contributed by atoms with Crippen LogP contribution in [0.2, 0.25) is 34.8 Å². The van der Waals surface area contributed by atoms with Gasteiger partial charge in [-0.2, -0.15) is 0 Å². The third-order valence-electron chi connectivity index (χ3n) is 7.75. The number of terminal acetylenes is 1. The minimum Gasteiger partial charge on any atom is -0.547 e. The molecule has 6 heteroatoms. The molecule has 0 spiro atoms. The monoisotopic (exact) mass is 479 g/mol. The molecule has 32 heavy (non-hydrogen) atoms. The highest BCUT2D eigenvalue weighted by molar-refractivity contribution is 6.77. The summed E-state index contributed by atoms with van der Waals surface area (Å²) in [5.41, 5.74) is 1.48. The fraction of sp³-hybridized carbons (Fsp3) is 0.808. The van der Waals surface area contributed by atoms with Gasteiger partial charge in [0.25, 0.3) is 0 Å². The molecule has 184 valence electrons. The number of amides is 1. The summed E-state index contributed by atoms with van der Waals surface area (Å²) in [5, 5.41) is 0.125. The zero-order valence-electron chi connectivity index (χ0n) is 22.6. The molecule has 0 N–H and O–H groups in total. The Hall–Kier alpha value is -1.04. The summed E-state index contributed by atoms with van der Waals surface area (Å²) < 4.78 is 13.8. The van der Waals surface area contributed by atoms with Crippen molar-refractivity contribution in [1.82, 2.24) is 4.90 Å². The second-order valence-electron chi connectivity index (χ2n) is 11.8. The molecular formula is C26H49NO3Si2. The number of hydrogen-bond acceptors (Lipinski definition) is 3. The van der Waals surface area contributed by atoms with Gasteiger partial charge >= 0.3 is 0 Å². The summed E-state index contributed by atoms with van der Waals surface area (Å²) in [6.45, 7) is 25.7. The van der Waals surface area contributed by atoms with Crippen molar-refractivity contribution in [2.45, 2.75) is 128 Å². The van der Waals surface area contributed by atoms with E-state index in [4.69, 9.17) is 15.3 Å². The molecule has 1 aliphatic rings. The molecule has 0 aromatic carbocycles. The summed E-state index contributed by atoms with van der Waals surface area (Å²) >= 11 is 0. The fourth-order valence-electron chi connectivity index (χ4n) is 5.01. The number of rotatable bonds is 11. The zero-order chi connectivity index (χ0) is 24.9. The lowest BCUT2D eigenvalue weighted by Gasteiger charge is -2.48. The highest BCUT2D eigenvalue weighted by atomic mass is 28.4. The maximum absolute atomic E-state index is 12.1. The lowest BCUT2D eigenvalue weighted by atomic mass is 9.96. The van der Waals surface area contributed by atoms with Crippen molar-refractivity contribution < 1.29 is 13.6 Å². The molecule has 2 atom stereocenters. The average Bonchev–Trinajstić information content (AvgIpc) is 2.65. The molecule has 1 amide bonds. The summed E-state index contributed by atoms with van der Waals surface area (Å²) in [4.78, 5) is 14.0. The molecule has 0 heterocycles.